The van der Waals surface area contributed by atoms with Crippen molar-refractivity contribution in [1.29, 1.82) is 0 Å². The number of carbonyl (C=O) groups excluding carboxylic acids is 1. The Morgan fingerprint density at radius 2 is 2.09 bits per heavy atom. The van der Waals surface area contributed by atoms with Crippen molar-refractivity contribution in [2.75, 3.05) is 17.7 Å². The number of furan rings is 1. The first-order chi connectivity index (χ1) is 16.6. The molecule has 1 N–H and O–H groups in total. The zero-order valence-corrected chi connectivity index (χ0v) is 20.6. The molecule has 4 aromatic rings. The van der Waals surface area contributed by atoms with Crippen LogP contribution in [0.3, 0.4) is 0 Å². The molecule has 1 amide bonds. The Morgan fingerprint density at radius 1 is 1.24 bits per heavy atom. The van der Waals surface area contributed by atoms with Gasteiger partial charge in [0.05, 0.1) is 35.9 Å². The summed E-state index contributed by atoms with van der Waals surface area (Å²) in [5.74, 6) is 1.58. The number of aromatic nitrogens is 4. The lowest BCUT2D eigenvalue weighted by molar-refractivity contribution is -0.113. The number of nitrogens with zero attached hydrogens (tertiary/aromatic N) is 4. The fraction of sp³-hybridized carbons (Fsp3) is 0.333. The molecule has 1 aliphatic heterocycles. The van der Waals surface area contributed by atoms with Crippen molar-refractivity contribution in [3.8, 4) is 22.6 Å². The lowest BCUT2D eigenvalue weighted by Crippen LogP contribution is -2.18. The molecule has 5 rings (SSSR count). The van der Waals surface area contributed by atoms with Crippen LogP contribution in [0.2, 0.25) is 0 Å². The fourth-order valence-corrected chi connectivity index (χ4v) is 5.33. The first-order valence-corrected chi connectivity index (χ1v) is 13.0. The van der Waals surface area contributed by atoms with Crippen LogP contribution < -0.4 is 5.32 Å². The van der Waals surface area contributed by atoms with Crippen LogP contribution in [-0.2, 0) is 16.1 Å². The third-order valence-corrected chi connectivity index (χ3v) is 7.38. The van der Waals surface area contributed by atoms with E-state index in [1.54, 1.807) is 6.26 Å². The van der Waals surface area contributed by atoms with Gasteiger partial charge in [-0.25, -0.2) is 4.98 Å². The molecule has 0 saturated carbocycles. The Kier molecular flexibility index (Phi) is 6.80. The summed E-state index contributed by atoms with van der Waals surface area (Å²) in [6, 6.07) is 10.1. The number of amides is 1. The Morgan fingerprint density at radius 3 is 2.82 bits per heavy atom. The molecule has 0 unspecified atom stereocenters. The number of hydrogen-bond acceptors (Lipinski definition) is 8. The number of aryl methyl sites for hydroxylation is 2. The van der Waals surface area contributed by atoms with E-state index in [0.717, 1.165) is 47.9 Å². The Labute approximate surface area is 205 Å². The minimum absolute atomic E-state index is 0.116. The maximum Gasteiger partial charge on any atom is 0.236 e. The first-order valence-electron chi connectivity index (χ1n) is 11.1. The number of carbonyl (C=O) groups is 1. The normalized spacial score (nSPS) is 15.6. The van der Waals surface area contributed by atoms with E-state index in [4.69, 9.17) is 9.15 Å². The van der Waals surface area contributed by atoms with Gasteiger partial charge in [-0.3, -0.25) is 9.36 Å². The van der Waals surface area contributed by atoms with Crippen LogP contribution in [0.15, 0.2) is 51.5 Å². The smallest absolute Gasteiger partial charge is 0.236 e. The van der Waals surface area contributed by atoms with Gasteiger partial charge < -0.3 is 14.5 Å². The number of thiazole rings is 1. The van der Waals surface area contributed by atoms with Gasteiger partial charge in [-0.15, -0.1) is 21.5 Å². The second-order valence-electron chi connectivity index (χ2n) is 8.18. The van der Waals surface area contributed by atoms with Crippen LogP contribution in [0, 0.1) is 13.8 Å². The van der Waals surface area contributed by atoms with E-state index in [0.29, 0.717) is 16.8 Å². The highest BCUT2D eigenvalue weighted by atomic mass is 32.2. The summed E-state index contributed by atoms with van der Waals surface area (Å²) in [6.45, 7) is 5.37. The average molecular weight is 496 g/mol. The minimum atomic E-state index is -0.137. The lowest BCUT2D eigenvalue weighted by atomic mass is 10.1. The number of benzene rings is 1. The maximum atomic E-state index is 12.7. The third-order valence-electron chi connectivity index (χ3n) is 5.66. The summed E-state index contributed by atoms with van der Waals surface area (Å²) in [5.41, 5.74) is 3.97. The molecule has 3 aromatic heterocycles. The van der Waals surface area contributed by atoms with Crippen molar-refractivity contribution in [2.24, 2.45) is 0 Å². The van der Waals surface area contributed by atoms with E-state index in [1.807, 2.05) is 35.1 Å². The van der Waals surface area contributed by atoms with E-state index in [9.17, 15) is 4.79 Å². The van der Waals surface area contributed by atoms with E-state index in [-0.39, 0.29) is 17.8 Å². The molecule has 0 bridgehead atoms. The summed E-state index contributed by atoms with van der Waals surface area (Å²) in [5, 5.41) is 14.9. The summed E-state index contributed by atoms with van der Waals surface area (Å²) >= 11 is 2.77. The number of hydrogen-bond donors (Lipinski definition) is 1. The van der Waals surface area contributed by atoms with Gasteiger partial charge >= 0.3 is 0 Å². The molecule has 1 fully saturated rings. The highest BCUT2D eigenvalue weighted by Crippen LogP contribution is 2.29. The molecular formula is C24H25N5O3S2. The van der Waals surface area contributed by atoms with Crippen molar-refractivity contribution in [1.82, 2.24) is 19.7 Å². The second kappa shape index (κ2) is 10.1. The molecule has 1 aromatic carbocycles. The molecule has 0 spiro atoms. The maximum absolute atomic E-state index is 12.7. The van der Waals surface area contributed by atoms with Crippen molar-refractivity contribution in [3.05, 3.63) is 53.3 Å². The molecule has 1 aliphatic rings. The van der Waals surface area contributed by atoms with Gasteiger partial charge in [0, 0.05) is 17.6 Å². The zero-order valence-electron chi connectivity index (χ0n) is 19.0. The summed E-state index contributed by atoms with van der Waals surface area (Å²) in [7, 11) is 0. The Bertz CT molecular complexity index is 1270. The highest BCUT2D eigenvalue weighted by molar-refractivity contribution is 7.99. The molecule has 10 heteroatoms. The summed E-state index contributed by atoms with van der Waals surface area (Å²) in [6.07, 6.45) is 3.82. The Balaban J connectivity index is 1.26. The molecule has 4 heterocycles. The SMILES string of the molecule is Cc1ccc(-c2csc(NC(=O)CSc3nnc(-c4ccoc4C)n3C[C@@H]3CCCO3)n2)cc1. The molecular weight excluding hydrogens is 470 g/mol. The van der Waals surface area contributed by atoms with Crippen LogP contribution in [0.25, 0.3) is 22.6 Å². The molecule has 176 valence electrons. The summed E-state index contributed by atoms with van der Waals surface area (Å²) < 4.78 is 13.3. The lowest BCUT2D eigenvalue weighted by Gasteiger charge is -2.14. The number of ether oxygens (including phenoxy) is 1. The van der Waals surface area contributed by atoms with Gasteiger partial charge in [-0.05, 0) is 32.8 Å². The van der Waals surface area contributed by atoms with Crippen molar-refractivity contribution in [3.63, 3.8) is 0 Å². The van der Waals surface area contributed by atoms with Crippen molar-refractivity contribution < 1.29 is 13.9 Å². The van der Waals surface area contributed by atoms with Crippen molar-refractivity contribution in [2.45, 2.75) is 44.5 Å². The van der Waals surface area contributed by atoms with Crippen LogP contribution in [0.1, 0.15) is 24.2 Å². The molecule has 1 saturated heterocycles. The summed E-state index contributed by atoms with van der Waals surface area (Å²) in [4.78, 5) is 17.2. The van der Waals surface area contributed by atoms with Crippen LogP contribution in [0.4, 0.5) is 5.13 Å². The first kappa shape index (κ1) is 22.8. The zero-order chi connectivity index (χ0) is 23.5. The van der Waals surface area contributed by atoms with Crippen LogP contribution >= 0.6 is 23.1 Å². The number of rotatable bonds is 8. The molecule has 34 heavy (non-hydrogen) atoms. The largest absolute Gasteiger partial charge is 0.469 e. The van der Waals surface area contributed by atoms with Gasteiger partial charge in [-0.2, -0.15) is 0 Å². The third kappa shape index (κ3) is 5.08. The number of thioether (sulfide) groups is 1. The number of anilines is 1. The molecule has 1 atom stereocenters. The predicted octanol–water partition coefficient (Wildman–Crippen LogP) is 5.19. The Hall–Kier alpha value is -2.95. The van der Waals surface area contributed by atoms with Crippen molar-refractivity contribution >= 4 is 34.1 Å². The molecule has 8 nitrogen and oxygen atoms in total. The quantitative estimate of drug-likeness (QED) is 0.336. The number of nitrogens with one attached hydrogen (secondary N) is 1. The molecule has 0 aliphatic carbocycles. The highest BCUT2D eigenvalue weighted by Gasteiger charge is 2.23. The van der Waals surface area contributed by atoms with Crippen LogP contribution in [0.5, 0.6) is 0 Å². The van der Waals surface area contributed by atoms with E-state index >= 15 is 0 Å². The van der Waals surface area contributed by atoms with E-state index in [1.165, 1.54) is 28.7 Å². The monoisotopic (exact) mass is 495 g/mol. The topological polar surface area (TPSA) is 95.1 Å². The van der Waals surface area contributed by atoms with Gasteiger partial charge in [0.25, 0.3) is 0 Å². The van der Waals surface area contributed by atoms with Crippen LogP contribution in [-0.4, -0.2) is 44.1 Å². The van der Waals surface area contributed by atoms with Gasteiger partial charge in [0.2, 0.25) is 5.91 Å². The van der Waals surface area contributed by atoms with E-state index in [2.05, 4.69) is 39.6 Å². The van der Waals surface area contributed by atoms with Gasteiger partial charge in [-0.1, -0.05) is 41.6 Å². The molecule has 0 radical (unpaired) electrons. The minimum Gasteiger partial charge on any atom is -0.469 e. The second-order valence-corrected chi connectivity index (χ2v) is 9.98. The average Bonchev–Trinajstić information content (AvgIpc) is 3.62. The standard InChI is InChI=1S/C24H25N5O3S2/c1-15-5-7-17(8-6-15)20-13-33-23(25-20)26-21(30)14-34-24-28-27-22(19-9-11-31-16(19)2)29(24)12-18-4-3-10-32-18/h5-9,11,13,18H,3-4,10,12,14H2,1-2H3,(H,25,26,30)/t18-/m0/s1. The van der Waals surface area contributed by atoms with Gasteiger partial charge in [0.15, 0.2) is 16.1 Å². The van der Waals surface area contributed by atoms with E-state index < -0.39 is 0 Å². The predicted molar refractivity (Wildman–Crippen MR) is 133 cm³/mol. The van der Waals surface area contributed by atoms with Gasteiger partial charge in [0.1, 0.15) is 5.76 Å². The fourth-order valence-electron chi connectivity index (χ4n) is 3.84.